The molecule has 0 atom stereocenters. The summed E-state index contributed by atoms with van der Waals surface area (Å²) in [7, 11) is 0. The van der Waals surface area contributed by atoms with Crippen LogP contribution in [0.25, 0.3) is 5.69 Å². The molecular weight excluding hydrogens is 438 g/mol. The van der Waals surface area contributed by atoms with Crippen molar-refractivity contribution < 1.29 is 14.6 Å². The molecule has 1 spiro atoms. The molecule has 1 aliphatic heterocycles. The van der Waals surface area contributed by atoms with E-state index in [4.69, 9.17) is 22.1 Å². The SMILES string of the molecule is Cc1cc(Oc2c(O)cc(-n3nc(N)c(=O)[nH]c3=O)cc2Cl)cc2c1NC(=O)C21CCC1. The van der Waals surface area contributed by atoms with Gasteiger partial charge in [0.25, 0.3) is 5.56 Å². The maximum Gasteiger partial charge on any atom is 0.349 e. The number of hydrogen-bond donors (Lipinski definition) is 4. The molecule has 1 amide bonds. The number of nitrogens with zero attached hydrogens (tertiary/aromatic N) is 2. The van der Waals surface area contributed by atoms with Crippen molar-refractivity contribution in [3.8, 4) is 22.9 Å². The van der Waals surface area contributed by atoms with Gasteiger partial charge < -0.3 is 20.9 Å². The number of aryl methyl sites for hydroxylation is 1. The number of H-pyrrole nitrogens is 1. The molecule has 5 N–H and O–H groups in total. The molecule has 32 heavy (non-hydrogen) atoms. The Morgan fingerprint density at radius 3 is 2.62 bits per heavy atom. The number of amides is 1. The number of halogens is 1. The second kappa shape index (κ2) is 6.86. The number of rotatable bonds is 3. The fourth-order valence-electron chi connectivity index (χ4n) is 4.23. The van der Waals surface area contributed by atoms with E-state index in [1.807, 2.05) is 11.9 Å². The summed E-state index contributed by atoms with van der Waals surface area (Å²) in [6.45, 7) is 1.87. The molecular formula is C21H18ClN5O5. The van der Waals surface area contributed by atoms with Crippen LogP contribution in [0, 0.1) is 6.92 Å². The van der Waals surface area contributed by atoms with Crippen LogP contribution < -0.4 is 27.0 Å². The van der Waals surface area contributed by atoms with Gasteiger partial charge in [0.05, 0.1) is 16.1 Å². The van der Waals surface area contributed by atoms with Gasteiger partial charge in [0.1, 0.15) is 5.75 Å². The van der Waals surface area contributed by atoms with Gasteiger partial charge in [0, 0.05) is 11.8 Å². The molecule has 164 valence electrons. The number of aromatic nitrogens is 3. The van der Waals surface area contributed by atoms with Crippen molar-refractivity contribution in [2.75, 3.05) is 11.1 Å². The summed E-state index contributed by atoms with van der Waals surface area (Å²) in [4.78, 5) is 38.1. The molecule has 1 saturated carbocycles. The first-order valence-corrected chi connectivity index (χ1v) is 10.2. The van der Waals surface area contributed by atoms with Gasteiger partial charge in [-0.15, -0.1) is 5.10 Å². The molecule has 11 heteroatoms. The highest BCUT2D eigenvalue weighted by molar-refractivity contribution is 6.32. The summed E-state index contributed by atoms with van der Waals surface area (Å²) in [5.41, 5.74) is 5.90. The smallest absolute Gasteiger partial charge is 0.349 e. The first-order chi connectivity index (χ1) is 15.2. The number of fused-ring (bicyclic) bond motifs is 2. The zero-order valence-electron chi connectivity index (χ0n) is 16.9. The second-order valence-electron chi connectivity index (χ2n) is 7.99. The number of carbonyl (C=O) groups excluding carboxylic acids is 1. The number of aromatic hydroxyl groups is 1. The number of phenolic OH excluding ortho intramolecular Hbond substituents is 1. The highest BCUT2D eigenvalue weighted by Crippen LogP contribution is 2.53. The fourth-order valence-corrected chi connectivity index (χ4v) is 4.48. The number of phenols is 1. The Morgan fingerprint density at radius 1 is 1.22 bits per heavy atom. The lowest BCUT2D eigenvalue weighted by molar-refractivity contribution is -0.123. The maximum absolute atomic E-state index is 12.5. The molecule has 1 fully saturated rings. The Hall–Kier alpha value is -3.79. The molecule has 0 saturated heterocycles. The molecule has 1 aliphatic carbocycles. The average molecular weight is 456 g/mol. The minimum absolute atomic E-state index is 0.00218. The van der Waals surface area contributed by atoms with Crippen LogP contribution in [0.5, 0.6) is 17.2 Å². The Balaban J connectivity index is 1.54. The highest BCUT2D eigenvalue weighted by atomic mass is 35.5. The van der Waals surface area contributed by atoms with Gasteiger partial charge in [-0.2, -0.15) is 4.68 Å². The number of nitrogens with one attached hydrogen (secondary N) is 2. The van der Waals surface area contributed by atoms with Gasteiger partial charge in [-0.3, -0.25) is 14.6 Å². The van der Waals surface area contributed by atoms with Crippen molar-refractivity contribution in [1.82, 2.24) is 14.8 Å². The van der Waals surface area contributed by atoms with E-state index in [9.17, 15) is 19.5 Å². The van der Waals surface area contributed by atoms with Gasteiger partial charge in [-0.1, -0.05) is 18.0 Å². The molecule has 1 aromatic heterocycles. The number of hydrogen-bond acceptors (Lipinski definition) is 7. The monoisotopic (exact) mass is 455 g/mol. The highest BCUT2D eigenvalue weighted by Gasteiger charge is 2.51. The zero-order valence-corrected chi connectivity index (χ0v) is 17.6. The van der Waals surface area contributed by atoms with Gasteiger partial charge in [0.15, 0.2) is 11.5 Å². The van der Waals surface area contributed by atoms with E-state index in [0.717, 1.165) is 40.8 Å². The van der Waals surface area contributed by atoms with E-state index in [-0.39, 0.29) is 28.1 Å². The normalized spacial score (nSPS) is 15.9. The number of carbonyl (C=O) groups is 1. The van der Waals surface area contributed by atoms with E-state index >= 15 is 0 Å². The Kier molecular flexibility index (Phi) is 4.31. The predicted octanol–water partition coefficient (Wildman–Crippen LogP) is 2.34. The van der Waals surface area contributed by atoms with Gasteiger partial charge in [-0.25, -0.2) is 4.79 Å². The Labute approximate surface area is 185 Å². The van der Waals surface area contributed by atoms with E-state index in [1.54, 1.807) is 12.1 Å². The van der Waals surface area contributed by atoms with Gasteiger partial charge >= 0.3 is 5.69 Å². The molecule has 0 bridgehead atoms. The van der Waals surface area contributed by atoms with Crippen LogP contribution in [-0.4, -0.2) is 25.8 Å². The zero-order chi connectivity index (χ0) is 22.8. The summed E-state index contributed by atoms with van der Waals surface area (Å²) in [5, 5.41) is 17.2. The first-order valence-electron chi connectivity index (χ1n) is 9.86. The summed E-state index contributed by atoms with van der Waals surface area (Å²) >= 11 is 6.33. The van der Waals surface area contributed by atoms with Gasteiger partial charge in [0.2, 0.25) is 11.7 Å². The second-order valence-corrected chi connectivity index (χ2v) is 8.39. The van der Waals surface area contributed by atoms with Crippen LogP contribution in [0.15, 0.2) is 33.9 Å². The Bertz CT molecular complexity index is 1400. The number of aromatic amines is 1. The number of nitrogens with two attached hydrogens (primary N) is 1. The number of anilines is 2. The van der Waals surface area contributed by atoms with E-state index < -0.39 is 22.5 Å². The van der Waals surface area contributed by atoms with Crippen LogP contribution in [0.1, 0.15) is 30.4 Å². The van der Waals surface area contributed by atoms with Crippen molar-refractivity contribution in [3.05, 3.63) is 61.3 Å². The standard InChI is InChI=1S/C21H18ClN5O5/c1-9-5-11(8-12-15(9)24-19(30)21(12)3-2-4-21)32-16-13(22)6-10(7-14(16)28)27-20(31)25-18(29)17(23)26-27/h5-8,28H,2-4H2,1H3,(H2,23,26)(H,24,30)(H,25,29,31). The quantitative estimate of drug-likeness (QED) is 0.472. The van der Waals surface area contributed by atoms with Crippen molar-refractivity contribution in [2.45, 2.75) is 31.6 Å². The maximum atomic E-state index is 12.5. The largest absolute Gasteiger partial charge is 0.504 e. The van der Waals surface area contributed by atoms with Crippen molar-refractivity contribution >= 4 is 29.0 Å². The molecule has 0 radical (unpaired) electrons. The number of benzene rings is 2. The Morgan fingerprint density at radius 2 is 1.97 bits per heavy atom. The lowest BCUT2D eigenvalue weighted by Gasteiger charge is -2.36. The third-order valence-electron chi connectivity index (χ3n) is 6.03. The predicted molar refractivity (Wildman–Crippen MR) is 117 cm³/mol. The first kappa shape index (κ1) is 20.1. The van der Waals surface area contributed by atoms with E-state index in [1.165, 1.54) is 12.1 Å². The molecule has 3 aromatic rings. The van der Waals surface area contributed by atoms with Crippen molar-refractivity contribution in [3.63, 3.8) is 0 Å². The molecule has 0 unspecified atom stereocenters. The third kappa shape index (κ3) is 2.87. The minimum Gasteiger partial charge on any atom is -0.504 e. The summed E-state index contributed by atoms with van der Waals surface area (Å²) in [5.74, 6) is -0.376. The van der Waals surface area contributed by atoms with Crippen LogP contribution in [-0.2, 0) is 10.2 Å². The van der Waals surface area contributed by atoms with Crippen molar-refractivity contribution in [2.24, 2.45) is 0 Å². The molecule has 10 nitrogen and oxygen atoms in total. The van der Waals surface area contributed by atoms with E-state index in [2.05, 4.69) is 10.4 Å². The minimum atomic E-state index is -0.842. The molecule has 2 aliphatic rings. The van der Waals surface area contributed by atoms with Crippen molar-refractivity contribution in [1.29, 1.82) is 0 Å². The summed E-state index contributed by atoms with van der Waals surface area (Å²) in [6, 6.07) is 6.10. The molecule has 2 aromatic carbocycles. The lowest BCUT2D eigenvalue weighted by atomic mass is 9.65. The summed E-state index contributed by atoms with van der Waals surface area (Å²) in [6.07, 6.45) is 2.53. The van der Waals surface area contributed by atoms with Gasteiger partial charge in [-0.05, 0) is 49.1 Å². The lowest BCUT2D eigenvalue weighted by Crippen LogP contribution is -2.40. The summed E-state index contributed by atoms with van der Waals surface area (Å²) < 4.78 is 6.70. The number of nitrogen functional groups attached to an aromatic ring is 1. The average Bonchev–Trinajstić information content (AvgIpc) is 3.00. The fraction of sp³-hybridized carbons (Fsp3) is 0.238. The molecule has 2 heterocycles. The number of ether oxygens (including phenoxy) is 1. The van der Waals surface area contributed by atoms with Crippen LogP contribution >= 0.6 is 11.6 Å². The van der Waals surface area contributed by atoms with E-state index in [0.29, 0.717) is 5.75 Å². The third-order valence-corrected chi connectivity index (χ3v) is 6.31. The molecule has 5 rings (SSSR count). The topological polar surface area (TPSA) is 152 Å². The van der Waals surface area contributed by atoms with Crippen LogP contribution in [0.2, 0.25) is 5.02 Å². The van der Waals surface area contributed by atoms with Crippen LogP contribution in [0.4, 0.5) is 11.5 Å². The van der Waals surface area contributed by atoms with Crippen LogP contribution in [0.3, 0.4) is 0 Å².